The van der Waals surface area contributed by atoms with Crippen LogP contribution in [0.1, 0.15) is 67.7 Å². The molecular weight excluding hydrogens is 519 g/mol. The van der Waals surface area contributed by atoms with Gasteiger partial charge in [0, 0.05) is 60.7 Å². The molecule has 204 valence electrons. The molecule has 2 aromatic rings. The number of H-pyrrole nitrogens is 1. The Bertz CT molecular complexity index is 1360. The van der Waals surface area contributed by atoms with Gasteiger partial charge < -0.3 is 9.80 Å². The van der Waals surface area contributed by atoms with Gasteiger partial charge in [-0.15, -0.1) is 0 Å². The van der Waals surface area contributed by atoms with Crippen LogP contribution in [0.5, 0.6) is 0 Å². The van der Waals surface area contributed by atoms with E-state index in [4.69, 9.17) is 4.78 Å². The largest absolute Gasteiger partial charge is 0.483 e. The molecule has 13 heteroatoms. The van der Waals surface area contributed by atoms with Crippen LogP contribution in [0.15, 0.2) is 23.2 Å². The molecule has 2 amide bonds. The number of pyridine rings is 1. The highest BCUT2D eigenvalue weighted by atomic mass is 32.2. The summed E-state index contributed by atoms with van der Waals surface area (Å²) in [6.45, 7) is 3.15. The first-order valence-corrected chi connectivity index (χ1v) is 14.8. The molecule has 5 fully saturated rings. The summed E-state index contributed by atoms with van der Waals surface area (Å²) in [7, 11) is -4.88. The zero-order valence-electron chi connectivity index (χ0n) is 20.8. The van der Waals surface area contributed by atoms with Crippen molar-refractivity contribution in [1.82, 2.24) is 30.0 Å². The average molecular weight is 550 g/mol. The third-order valence-electron chi connectivity index (χ3n) is 9.25. The number of likely N-dealkylation sites (tertiary alicyclic amines) is 2. The standard InChI is InChI=1S/C25H30F3N7O2S/c26-25(27,28)38(29,37)19-4-3-18(30-10-19)5-15-6-23(7-15)11-34(12-23)22(36)35-13-24(14-35)8-17(9-24)21-31-20(32-33-21)16-1-2-16/h3-4,10,15-17,29H,1-2,5-9,11-14H2,(H,31,32,33). The molecule has 2 aliphatic heterocycles. The lowest BCUT2D eigenvalue weighted by molar-refractivity contribution is -0.100. The van der Waals surface area contributed by atoms with E-state index in [9.17, 15) is 22.2 Å². The van der Waals surface area contributed by atoms with Gasteiger partial charge in [0.15, 0.2) is 15.6 Å². The number of alkyl halides is 3. The lowest BCUT2D eigenvalue weighted by atomic mass is 9.56. The van der Waals surface area contributed by atoms with Gasteiger partial charge >= 0.3 is 11.5 Å². The van der Waals surface area contributed by atoms with Crippen LogP contribution in [0.25, 0.3) is 0 Å². The average Bonchev–Trinajstić information content (AvgIpc) is 3.49. The van der Waals surface area contributed by atoms with Gasteiger partial charge in [-0.1, -0.05) is 0 Å². The third kappa shape index (κ3) is 3.91. The minimum atomic E-state index is -5.11. The van der Waals surface area contributed by atoms with Crippen LogP contribution in [0.2, 0.25) is 0 Å². The molecule has 3 saturated carbocycles. The molecule has 38 heavy (non-hydrogen) atoms. The summed E-state index contributed by atoms with van der Waals surface area (Å²) in [4.78, 5) is 25.0. The Morgan fingerprint density at radius 1 is 1.05 bits per heavy atom. The number of hydrogen-bond donors (Lipinski definition) is 2. The van der Waals surface area contributed by atoms with Gasteiger partial charge in [0.1, 0.15) is 5.82 Å². The molecule has 1 atom stereocenters. The maximum atomic E-state index is 13.0. The van der Waals surface area contributed by atoms with Crippen molar-refractivity contribution in [2.75, 3.05) is 26.2 Å². The number of aromatic amines is 1. The summed E-state index contributed by atoms with van der Waals surface area (Å²) in [5.41, 5.74) is -4.08. The maximum absolute atomic E-state index is 13.0. The van der Waals surface area contributed by atoms with Crippen molar-refractivity contribution in [3.8, 4) is 0 Å². The highest BCUT2D eigenvalue weighted by Crippen LogP contribution is 2.57. The van der Waals surface area contributed by atoms with Crippen LogP contribution in [0, 0.1) is 21.5 Å². The Morgan fingerprint density at radius 3 is 2.24 bits per heavy atom. The maximum Gasteiger partial charge on any atom is 0.483 e. The number of hydrogen-bond acceptors (Lipinski definition) is 6. The van der Waals surface area contributed by atoms with E-state index in [1.54, 1.807) is 0 Å². The number of halogens is 3. The van der Waals surface area contributed by atoms with Crippen LogP contribution >= 0.6 is 0 Å². The fraction of sp³-hybridized carbons (Fsp3) is 0.680. The van der Waals surface area contributed by atoms with Crippen LogP contribution in [0.3, 0.4) is 0 Å². The van der Waals surface area contributed by atoms with E-state index in [0.717, 1.165) is 75.8 Å². The molecule has 2 spiro atoms. The molecule has 1 unspecified atom stereocenters. The lowest BCUT2D eigenvalue weighted by Gasteiger charge is -2.63. The van der Waals surface area contributed by atoms with Gasteiger partial charge in [-0.05, 0) is 63.0 Å². The minimum Gasteiger partial charge on any atom is -0.323 e. The second-order valence-electron chi connectivity index (χ2n) is 12.4. The highest BCUT2D eigenvalue weighted by Gasteiger charge is 2.58. The number of amides is 2. The quantitative estimate of drug-likeness (QED) is 0.578. The Morgan fingerprint density at radius 2 is 1.68 bits per heavy atom. The predicted molar refractivity (Wildman–Crippen MR) is 130 cm³/mol. The molecular formula is C25H30F3N7O2S. The first-order valence-electron chi connectivity index (χ1n) is 13.2. The molecule has 2 N–H and O–H groups in total. The zero-order valence-corrected chi connectivity index (χ0v) is 21.7. The van der Waals surface area contributed by atoms with Crippen LogP contribution in [-0.2, 0) is 16.1 Å². The molecule has 9 nitrogen and oxygen atoms in total. The molecule has 7 rings (SSSR count). The van der Waals surface area contributed by atoms with Crippen molar-refractivity contribution < 1.29 is 22.2 Å². The minimum absolute atomic E-state index is 0.129. The predicted octanol–water partition coefficient (Wildman–Crippen LogP) is 4.26. The van der Waals surface area contributed by atoms with Crippen molar-refractivity contribution in [2.24, 2.45) is 16.7 Å². The van der Waals surface area contributed by atoms with Crippen LogP contribution in [-0.4, -0.2) is 71.9 Å². The molecule has 5 aliphatic rings. The van der Waals surface area contributed by atoms with Crippen molar-refractivity contribution in [3.05, 3.63) is 35.7 Å². The van der Waals surface area contributed by atoms with E-state index in [-0.39, 0.29) is 16.9 Å². The number of carbonyl (C=O) groups is 1. The number of nitrogens with one attached hydrogen (secondary N) is 2. The SMILES string of the molecule is N=S(=O)(c1ccc(CC2CC3(C2)CN(C(=O)N2CC4(CC(c5nc(C6CC6)n[nH]5)C4)C2)C3)nc1)C(F)(F)F. The highest BCUT2D eigenvalue weighted by molar-refractivity contribution is 7.93. The number of aromatic nitrogens is 4. The summed E-state index contributed by atoms with van der Waals surface area (Å²) in [5.74, 6) is 3.32. The number of rotatable bonds is 5. The van der Waals surface area contributed by atoms with E-state index >= 15 is 0 Å². The fourth-order valence-corrected chi connectivity index (χ4v) is 7.86. The molecule has 2 saturated heterocycles. The van der Waals surface area contributed by atoms with Crippen molar-refractivity contribution in [3.63, 3.8) is 0 Å². The fourth-order valence-electron chi connectivity index (χ4n) is 7.13. The molecule has 2 aromatic heterocycles. The Labute approximate surface area is 218 Å². The summed E-state index contributed by atoms with van der Waals surface area (Å²) >= 11 is 0. The smallest absolute Gasteiger partial charge is 0.323 e. The van der Waals surface area contributed by atoms with Gasteiger partial charge in [-0.25, -0.2) is 18.8 Å². The van der Waals surface area contributed by atoms with Gasteiger partial charge in [0.25, 0.3) is 0 Å². The number of carbonyl (C=O) groups excluding carboxylic acids is 1. The Kier molecular flexibility index (Phi) is 5.07. The Balaban J connectivity index is 0.842. The van der Waals surface area contributed by atoms with E-state index in [0.29, 0.717) is 29.9 Å². The van der Waals surface area contributed by atoms with E-state index in [2.05, 4.69) is 20.2 Å². The molecule has 0 bridgehead atoms. The lowest BCUT2D eigenvalue weighted by Crippen LogP contribution is -2.71. The normalized spacial score (nSPS) is 25.9. The molecule has 0 radical (unpaired) electrons. The van der Waals surface area contributed by atoms with Gasteiger partial charge in [0.05, 0.1) is 4.90 Å². The van der Waals surface area contributed by atoms with Crippen molar-refractivity contribution in [2.45, 2.75) is 67.2 Å². The molecule has 0 aromatic carbocycles. The van der Waals surface area contributed by atoms with Gasteiger partial charge in [-0.3, -0.25) is 10.1 Å². The molecule has 3 aliphatic carbocycles. The van der Waals surface area contributed by atoms with E-state index in [1.807, 2.05) is 9.80 Å². The summed E-state index contributed by atoms with van der Waals surface area (Å²) < 4.78 is 57.4. The van der Waals surface area contributed by atoms with Crippen LogP contribution in [0.4, 0.5) is 18.0 Å². The first kappa shape index (κ1) is 24.3. The number of nitrogens with zero attached hydrogens (tertiary/aromatic N) is 5. The monoisotopic (exact) mass is 549 g/mol. The third-order valence-corrected chi connectivity index (χ3v) is 10.8. The van der Waals surface area contributed by atoms with Crippen molar-refractivity contribution >= 4 is 15.8 Å². The van der Waals surface area contributed by atoms with Crippen molar-refractivity contribution in [1.29, 1.82) is 4.78 Å². The number of urea groups is 1. The van der Waals surface area contributed by atoms with Gasteiger partial charge in [0.2, 0.25) is 0 Å². The second-order valence-corrected chi connectivity index (χ2v) is 14.5. The van der Waals surface area contributed by atoms with E-state index in [1.165, 1.54) is 18.9 Å². The van der Waals surface area contributed by atoms with Crippen LogP contribution < -0.4 is 0 Å². The topological polar surface area (TPSA) is 119 Å². The summed E-state index contributed by atoms with van der Waals surface area (Å²) in [5, 5.41) is 7.49. The summed E-state index contributed by atoms with van der Waals surface area (Å²) in [6.07, 6.45) is 7.98. The van der Waals surface area contributed by atoms with Gasteiger partial charge in [-0.2, -0.15) is 18.3 Å². The first-order chi connectivity index (χ1) is 17.9. The molecule has 4 heterocycles. The Hall–Kier alpha value is -2.70. The zero-order chi connectivity index (χ0) is 26.5. The summed E-state index contributed by atoms with van der Waals surface area (Å²) in [6, 6.07) is 2.67. The van der Waals surface area contributed by atoms with E-state index < -0.39 is 20.1 Å². The second kappa shape index (κ2) is 7.92.